The second-order valence-electron chi connectivity index (χ2n) is 3.31. The fourth-order valence-electron chi connectivity index (χ4n) is 1.37. The smallest absolute Gasteiger partial charge is 0.256 e. The first-order valence-corrected chi connectivity index (χ1v) is 6.61. The van der Waals surface area contributed by atoms with Crippen molar-refractivity contribution in [3.05, 3.63) is 45.1 Å². The predicted octanol–water partition coefficient (Wildman–Crippen LogP) is 3.77. The molecule has 0 saturated heterocycles. The molecule has 3 nitrogen and oxygen atoms in total. The molecule has 17 heavy (non-hydrogen) atoms. The third-order valence-corrected chi connectivity index (χ3v) is 3.37. The van der Waals surface area contributed by atoms with Gasteiger partial charge in [0.05, 0.1) is 18.4 Å². The molecule has 0 aliphatic carbocycles. The summed E-state index contributed by atoms with van der Waals surface area (Å²) in [5.41, 5.74) is 1.30. The quantitative estimate of drug-likeness (QED) is 0.937. The Morgan fingerprint density at radius 1 is 1.41 bits per heavy atom. The number of hydrogen-bond acceptors (Lipinski definition) is 3. The van der Waals surface area contributed by atoms with Crippen LogP contribution >= 0.6 is 27.3 Å². The molecule has 0 atom stereocenters. The number of thiophene rings is 1. The molecule has 2 rings (SSSR count). The van der Waals surface area contributed by atoms with Crippen LogP contribution in [0.5, 0.6) is 5.75 Å². The molecule has 0 spiro atoms. The highest BCUT2D eigenvalue weighted by Gasteiger charge is 2.10. The predicted molar refractivity (Wildman–Crippen MR) is 73.0 cm³/mol. The van der Waals surface area contributed by atoms with Gasteiger partial charge in [-0.15, -0.1) is 0 Å². The maximum Gasteiger partial charge on any atom is 0.256 e. The van der Waals surface area contributed by atoms with E-state index in [1.54, 1.807) is 24.6 Å². The first-order valence-electron chi connectivity index (χ1n) is 4.88. The van der Waals surface area contributed by atoms with Crippen molar-refractivity contribution in [3.63, 3.8) is 0 Å². The molecule has 5 heteroatoms. The number of rotatable bonds is 3. The van der Waals surface area contributed by atoms with Crippen molar-refractivity contribution >= 4 is 38.9 Å². The van der Waals surface area contributed by atoms with Crippen LogP contribution in [0.2, 0.25) is 0 Å². The molecular formula is C12H10BrNO2S. The number of hydrogen-bond donors (Lipinski definition) is 1. The van der Waals surface area contributed by atoms with Crippen molar-refractivity contribution < 1.29 is 9.53 Å². The van der Waals surface area contributed by atoms with Crippen molar-refractivity contribution in [2.45, 2.75) is 0 Å². The number of amides is 1. The first-order chi connectivity index (χ1) is 8.20. The van der Waals surface area contributed by atoms with Crippen LogP contribution in [0.25, 0.3) is 0 Å². The summed E-state index contributed by atoms with van der Waals surface area (Å²) in [7, 11) is 1.57. The minimum atomic E-state index is -0.136. The summed E-state index contributed by atoms with van der Waals surface area (Å²) in [6.07, 6.45) is 0. The van der Waals surface area contributed by atoms with E-state index in [0.29, 0.717) is 17.0 Å². The summed E-state index contributed by atoms with van der Waals surface area (Å²) in [4.78, 5) is 11.9. The average Bonchev–Trinajstić information content (AvgIpc) is 2.83. The Labute approximate surface area is 112 Å². The van der Waals surface area contributed by atoms with Gasteiger partial charge >= 0.3 is 0 Å². The molecule has 1 N–H and O–H groups in total. The molecule has 88 valence electrons. The molecule has 0 radical (unpaired) electrons. The highest BCUT2D eigenvalue weighted by molar-refractivity contribution is 9.10. The van der Waals surface area contributed by atoms with Gasteiger partial charge < -0.3 is 10.1 Å². The molecule has 1 amide bonds. The van der Waals surface area contributed by atoms with E-state index in [0.717, 1.165) is 4.47 Å². The van der Waals surface area contributed by atoms with E-state index < -0.39 is 0 Å². The zero-order valence-corrected chi connectivity index (χ0v) is 11.5. The zero-order valence-electron chi connectivity index (χ0n) is 9.07. The molecule has 0 unspecified atom stereocenters. The third-order valence-electron chi connectivity index (χ3n) is 2.19. The molecule has 0 fully saturated rings. The number of carbonyl (C=O) groups excluding carboxylic acids is 1. The number of ether oxygens (including phenoxy) is 1. The number of halogens is 1. The van der Waals surface area contributed by atoms with E-state index in [2.05, 4.69) is 21.2 Å². The summed E-state index contributed by atoms with van der Waals surface area (Å²) in [6.45, 7) is 0. The summed E-state index contributed by atoms with van der Waals surface area (Å²) < 4.78 is 6.07. The lowest BCUT2D eigenvalue weighted by molar-refractivity contribution is 0.102. The molecule has 0 aliphatic rings. The van der Waals surface area contributed by atoms with Crippen LogP contribution in [0.1, 0.15) is 10.4 Å². The number of methoxy groups -OCH3 is 1. The van der Waals surface area contributed by atoms with Crippen molar-refractivity contribution in [2.75, 3.05) is 12.4 Å². The highest BCUT2D eigenvalue weighted by atomic mass is 79.9. The second-order valence-corrected chi connectivity index (χ2v) is 5.01. The SMILES string of the molecule is COc1ccc(Br)cc1NC(=O)c1ccsc1. The summed E-state index contributed by atoms with van der Waals surface area (Å²) in [5.74, 6) is 0.499. The van der Waals surface area contributed by atoms with Crippen LogP contribution < -0.4 is 10.1 Å². The standard InChI is InChI=1S/C12H10BrNO2S/c1-16-11-3-2-9(13)6-10(11)14-12(15)8-4-5-17-7-8/h2-7H,1H3,(H,14,15). The van der Waals surface area contributed by atoms with Crippen molar-refractivity contribution in [1.29, 1.82) is 0 Å². The normalized spacial score (nSPS) is 10.0. The van der Waals surface area contributed by atoms with Gasteiger partial charge in [-0.05, 0) is 29.6 Å². The lowest BCUT2D eigenvalue weighted by Crippen LogP contribution is -2.11. The number of anilines is 1. The molecular weight excluding hydrogens is 302 g/mol. The highest BCUT2D eigenvalue weighted by Crippen LogP contribution is 2.28. The van der Waals surface area contributed by atoms with Crippen LogP contribution in [0.4, 0.5) is 5.69 Å². The van der Waals surface area contributed by atoms with Gasteiger partial charge in [-0.1, -0.05) is 15.9 Å². The molecule has 0 saturated carbocycles. The first kappa shape index (κ1) is 12.1. The van der Waals surface area contributed by atoms with E-state index >= 15 is 0 Å². The zero-order chi connectivity index (χ0) is 12.3. The largest absolute Gasteiger partial charge is 0.495 e. The average molecular weight is 312 g/mol. The van der Waals surface area contributed by atoms with Crippen molar-refractivity contribution in [2.24, 2.45) is 0 Å². The maximum atomic E-state index is 11.9. The van der Waals surface area contributed by atoms with E-state index in [1.807, 2.05) is 17.5 Å². The number of nitrogens with one attached hydrogen (secondary N) is 1. The van der Waals surface area contributed by atoms with Gasteiger partial charge in [-0.25, -0.2) is 0 Å². The number of carbonyl (C=O) groups is 1. The minimum absolute atomic E-state index is 0.136. The van der Waals surface area contributed by atoms with Gasteiger partial charge in [-0.3, -0.25) is 4.79 Å². The lowest BCUT2D eigenvalue weighted by atomic mass is 10.2. The Morgan fingerprint density at radius 2 is 2.24 bits per heavy atom. The molecule has 2 aromatic rings. The van der Waals surface area contributed by atoms with Gasteiger partial charge in [-0.2, -0.15) is 11.3 Å². The van der Waals surface area contributed by atoms with Gasteiger partial charge in [0.15, 0.2) is 0 Å². The molecule has 1 heterocycles. The van der Waals surface area contributed by atoms with Crippen LogP contribution in [0.3, 0.4) is 0 Å². The third kappa shape index (κ3) is 2.87. The van der Waals surface area contributed by atoms with Crippen molar-refractivity contribution in [1.82, 2.24) is 0 Å². The van der Waals surface area contributed by atoms with Crippen LogP contribution in [-0.4, -0.2) is 13.0 Å². The molecule has 0 bridgehead atoms. The Hall–Kier alpha value is -1.33. The van der Waals surface area contributed by atoms with Crippen LogP contribution in [0.15, 0.2) is 39.5 Å². The summed E-state index contributed by atoms with van der Waals surface area (Å²) in [6, 6.07) is 7.25. The van der Waals surface area contributed by atoms with Crippen LogP contribution in [0, 0.1) is 0 Å². The summed E-state index contributed by atoms with van der Waals surface area (Å²) >= 11 is 4.85. The Morgan fingerprint density at radius 3 is 2.88 bits per heavy atom. The Kier molecular flexibility index (Phi) is 3.81. The maximum absolute atomic E-state index is 11.9. The van der Waals surface area contributed by atoms with E-state index in [4.69, 9.17) is 4.74 Å². The topological polar surface area (TPSA) is 38.3 Å². The van der Waals surface area contributed by atoms with E-state index in [-0.39, 0.29) is 5.91 Å². The monoisotopic (exact) mass is 311 g/mol. The Balaban J connectivity index is 2.23. The van der Waals surface area contributed by atoms with E-state index in [1.165, 1.54) is 11.3 Å². The van der Waals surface area contributed by atoms with Gasteiger partial charge in [0.1, 0.15) is 5.75 Å². The fraction of sp³-hybridized carbons (Fsp3) is 0.0833. The second kappa shape index (κ2) is 5.33. The summed E-state index contributed by atoms with van der Waals surface area (Å²) in [5, 5.41) is 6.49. The molecule has 1 aromatic carbocycles. The fourth-order valence-corrected chi connectivity index (χ4v) is 2.36. The minimum Gasteiger partial charge on any atom is -0.495 e. The van der Waals surface area contributed by atoms with E-state index in [9.17, 15) is 4.79 Å². The lowest BCUT2D eigenvalue weighted by Gasteiger charge is -2.09. The van der Waals surface area contributed by atoms with Gasteiger partial charge in [0.2, 0.25) is 0 Å². The Bertz CT molecular complexity index is 525. The van der Waals surface area contributed by atoms with Crippen LogP contribution in [-0.2, 0) is 0 Å². The molecule has 1 aromatic heterocycles. The van der Waals surface area contributed by atoms with Gasteiger partial charge in [0.25, 0.3) is 5.91 Å². The number of benzene rings is 1. The van der Waals surface area contributed by atoms with Crippen molar-refractivity contribution in [3.8, 4) is 5.75 Å². The molecule has 0 aliphatic heterocycles. The van der Waals surface area contributed by atoms with Gasteiger partial charge in [0, 0.05) is 9.85 Å².